The van der Waals surface area contributed by atoms with E-state index in [4.69, 9.17) is 4.74 Å². The van der Waals surface area contributed by atoms with Gasteiger partial charge < -0.3 is 15.0 Å². The van der Waals surface area contributed by atoms with E-state index in [1.807, 2.05) is 68.6 Å². The second-order valence-corrected chi connectivity index (χ2v) is 8.55. The van der Waals surface area contributed by atoms with Crippen LogP contribution in [-0.2, 0) is 22.6 Å². The van der Waals surface area contributed by atoms with Crippen LogP contribution < -0.4 is 10.1 Å². The van der Waals surface area contributed by atoms with E-state index in [0.29, 0.717) is 26.1 Å². The highest BCUT2D eigenvalue weighted by atomic mass is 16.5. The normalized spacial score (nSPS) is 16.9. The van der Waals surface area contributed by atoms with E-state index < -0.39 is 6.04 Å². The first-order valence-electron chi connectivity index (χ1n) is 11.3. The van der Waals surface area contributed by atoms with Gasteiger partial charge in [-0.25, -0.2) is 0 Å². The molecule has 1 aromatic heterocycles. The minimum Gasteiger partial charge on any atom is -0.497 e. The van der Waals surface area contributed by atoms with Crippen molar-refractivity contribution in [2.75, 3.05) is 20.2 Å². The Kier molecular flexibility index (Phi) is 6.77. The van der Waals surface area contributed by atoms with Gasteiger partial charge in [-0.1, -0.05) is 43.3 Å². The fourth-order valence-electron chi connectivity index (χ4n) is 4.27. The monoisotopic (exact) mass is 446 g/mol. The molecule has 4 rings (SSSR count). The summed E-state index contributed by atoms with van der Waals surface area (Å²) in [6.07, 6.45) is 2.35. The van der Waals surface area contributed by atoms with Crippen LogP contribution >= 0.6 is 0 Å². The van der Waals surface area contributed by atoms with E-state index in [0.717, 1.165) is 28.1 Å². The van der Waals surface area contributed by atoms with E-state index in [-0.39, 0.29) is 17.7 Å². The number of carbonyl (C=O) groups is 2. The first kappa shape index (κ1) is 22.6. The summed E-state index contributed by atoms with van der Waals surface area (Å²) in [5.74, 6) is 0.409. The molecule has 33 heavy (non-hydrogen) atoms. The van der Waals surface area contributed by atoms with Gasteiger partial charge in [-0.3, -0.25) is 14.3 Å². The molecule has 1 aliphatic heterocycles. The van der Waals surface area contributed by atoms with Crippen LogP contribution in [0.4, 0.5) is 0 Å². The van der Waals surface area contributed by atoms with Gasteiger partial charge in [0.2, 0.25) is 11.8 Å². The maximum Gasteiger partial charge on any atom is 0.243 e. The number of hydrogen-bond donors (Lipinski definition) is 1. The molecule has 172 valence electrons. The van der Waals surface area contributed by atoms with E-state index in [9.17, 15) is 9.59 Å². The summed E-state index contributed by atoms with van der Waals surface area (Å²) in [4.78, 5) is 27.8. The van der Waals surface area contributed by atoms with Crippen molar-refractivity contribution in [2.24, 2.45) is 5.92 Å². The Morgan fingerprint density at radius 1 is 1.18 bits per heavy atom. The maximum atomic E-state index is 13.3. The summed E-state index contributed by atoms with van der Waals surface area (Å²) in [5.41, 5.74) is 4.06. The van der Waals surface area contributed by atoms with Crippen LogP contribution in [0.25, 0.3) is 11.1 Å². The minimum absolute atomic E-state index is 0.0192. The molecule has 0 bridgehead atoms. The van der Waals surface area contributed by atoms with E-state index in [1.54, 1.807) is 16.7 Å². The second-order valence-electron chi connectivity index (χ2n) is 8.55. The number of hydrogen-bond acceptors (Lipinski definition) is 4. The predicted molar refractivity (Wildman–Crippen MR) is 127 cm³/mol. The lowest BCUT2D eigenvalue weighted by Gasteiger charge is -2.36. The SMILES string of the molecule is COc1ccc(-c2cccc(C[C@H]3C(=O)NCCN3C(=O)[C@H](C)Cn3ccc(C)n3)c2)cc1. The number of amides is 2. The van der Waals surface area contributed by atoms with Crippen molar-refractivity contribution >= 4 is 11.8 Å². The van der Waals surface area contributed by atoms with Crippen LogP contribution in [0.2, 0.25) is 0 Å². The lowest BCUT2D eigenvalue weighted by atomic mass is 9.96. The quantitative estimate of drug-likeness (QED) is 0.605. The van der Waals surface area contributed by atoms with E-state index >= 15 is 0 Å². The zero-order valence-corrected chi connectivity index (χ0v) is 19.3. The zero-order valence-electron chi connectivity index (χ0n) is 19.3. The molecule has 1 N–H and O–H groups in total. The molecule has 0 saturated carbocycles. The Balaban J connectivity index is 1.51. The predicted octanol–water partition coefficient (Wildman–Crippen LogP) is 3.07. The number of rotatable bonds is 7. The number of carbonyl (C=O) groups excluding carboxylic acids is 2. The standard InChI is InChI=1S/C26H30N4O3/c1-18(17-29-13-11-19(2)28-29)26(32)30-14-12-27-25(31)24(30)16-20-5-4-6-22(15-20)21-7-9-23(33-3)10-8-21/h4-11,13,15,18,24H,12,14,16-17H2,1-3H3,(H,27,31)/t18-,24+/m1/s1. The highest BCUT2D eigenvalue weighted by Gasteiger charge is 2.35. The van der Waals surface area contributed by atoms with Crippen LogP contribution in [0.3, 0.4) is 0 Å². The van der Waals surface area contributed by atoms with Gasteiger partial charge in [0.15, 0.2) is 0 Å². The average Bonchev–Trinajstić information content (AvgIpc) is 3.24. The van der Waals surface area contributed by atoms with Crippen molar-refractivity contribution in [3.8, 4) is 16.9 Å². The molecule has 2 aromatic carbocycles. The van der Waals surface area contributed by atoms with Crippen molar-refractivity contribution in [2.45, 2.75) is 32.9 Å². The molecule has 2 amide bonds. The van der Waals surface area contributed by atoms with E-state index in [1.165, 1.54) is 0 Å². The Bertz CT molecular complexity index is 1120. The number of ether oxygens (including phenoxy) is 1. The number of aromatic nitrogens is 2. The summed E-state index contributed by atoms with van der Waals surface area (Å²) >= 11 is 0. The Hall–Kier alpha value is -3.61. The molecule has 0 unspecified atom stereocenters. The Morgan fingerprint density at radius 2 is 1.97 bits per heavy atom. The van der Waals surface area contributed by atoms with Crippen molar-refractivity contribution in [1.82, 2.24) is 20.0 Å². The molecule has 1 fully saturated rings. The Morgan fingerprint density at radius 3 is 2.67 bits per heavy atom. The van der Waals surface area contributed by atoms with Crippen molar-refractivity contribution in [3.05, 3.63) is 72.1 Å². The molecular weight excluding hydrogens is 416 g/mol. The molecule has 1 saturated heterocycles. The number of benzene rings is 2. The van der Waals surface area contributed by atoms with Crippen molar-refractivity contribution in [1.29, 1.82) is 0 Å². The number of nitrogens with zero attached hydrogens (tertiary/aromatic N) is 3. The summed E-state index contributed by atoms with van der Waals surface area (Å²) in [7, 11) is 1.65. The van der Waals surface area contributed by atoms with Crippen LogP contribution in [0, 0.1) is 12.8 Å². The smallest absolute Gasteiger partial charge is 0.243 e. The summed E-state index contributed by atoms with van der Waals surface area (Å²) < 4.78 is 7.03. The van der Waals surface area contributed by atoms with Crippen LogP contribution in [0.5, 0.6) is 5.75 Å². The van der Waals surface area contributed by atoms with Gasteiger partial charge in [-0.15, -0.1) is 0 Å². The topological polar surface area (TPSA) is 76.5 Å². The third-order valence-electron chi connectivity index (χ3n) is 6.05. The first-order valence-corrected chi connectivity index (χ1v) is 11.3. The number of methoxy groups -OCH3 is 1. The molecule has 0 spiro atoms. The van der Waals surface area contributed by atoms with Gasteiger partial charge in [0.25, 0.3) is 0 Å². The lowest BCUT2D eigenvalue weighted by molar-refractivity contribution is -0.146. The van der Waals surface area contributed by atoms with Gasteiger partial charge in [-0.05, 0) is 41.8 Å². The summed E-state index contributed by atoms with van der Waals surface area (Å²) in [6, 6.07) is 17.4. The molecular formula is C26H30N4O3. The zero-order chi connectivity index (χ0) is 23.4. The lowest BCUT2D eigenvalue weighted by Crippen LogP contribution is -2.59. The maximum absolute atomic E-state index is 13.3. The third-order valence-corrected chi connectivity index (χ3v) is 6.05. The van der Waals surface area contributed by atoms with Gasteiger partial charge >= 0.3 is 0 Å². The average molecular weight is 447 g/mol. The molecule has 1 aliphatic rings. The van der Waals surface area contributed by atoms with Crippen LogP contribution in [-0.4, -0.2) is 52.7 Å². The summed E-state index contributed by atoms with van der Waals surface area (Å²) in [5, 5.41) is 7.31. The van der Waals surface area contributed by atoms with Crippen LogP contribution in [0.15, 0.2) is 60.8 Å². The van der Waals surface area contributed by atoms with Gasteiger partial charge in [0.05, 0.1) is 25.3 Å². The number of aryl methyl sites for hydroxylation is 1. The molecule has 2 atom stereocenters. The third kappa shape index (κ3) is 5.25. The Labute approximate surface area is 194 Å². The van der Waals surface area contributed by atoms with E-state index in [2.05, 4.69) is 16.5 Å². The highest BCUT2D eigenvalue weighted by molar-refractivity contribution is 5.89. The molecule has 3 aromatic rings. The number of nitrogens with one attached hydrogen (secondary N) is 1. The van der Waals surface area contributed by atoms with Gasteiger partial charge in [0, 0.05) is 25.7 Å². The fourth-order valence-corrected chi connectivity index (χ4v) is 4.27. The summed E-state index contributed by atoms with van der Waals surface area (Å²) in [6.45, 7) is 5.29. The molecule has 7 nitrogen and oxygen atoms in total. The minimum atomic E-state index is -0.529. The van der Waals surface area contributed by atoms with Crippen molar-refractivity contribution < 1.29 is 14.3 Å². The molecule has 0 aliphatic carbocycles. The van der Waals surface area contributed by atoms with Gasteiger partial charge in [-0.2, -0.15) is 5.10 Å². The number of piperazine rings is 1. The fraction of sp³-hybridized carbons (Fsp3) is 0.346. The molecule has 2 heterocycles. The largest absolute Gasteiger partial charge is 0.497 e. The van der Waals surface area contributed by atoms with Crippen molar-refractivity contribution in [3.63, 3.8) is 0 Å². The highest BCUT2D eigenvalue weighted by Crippen LogP contribution is 2.25. The molecule has 7 heteroatoms. The van der Waals surface area contributed by atoms with Gasteiger partial charge in [0.1, 0.15) is 11.8 Å². The first-order chi connectivity index (χ1) is 15.9. The second kappa shape index (κ2) is 9.90. The van der Waals surface area contributed by atoms with Crippen LogP contribution in [0.1, 0.15) is 18.2 Å². The molecule has 0 radical (unpaired) electrons.